The van der Waals surface area contributed by atoms with Gasteiger partial charge in [0.2, 0.25) is 0 Å². The second-order valence-electron chi connectivity index (χ2n) is 10.9. The van der Waals surface area contributed by atoms with Crippen LogP contribution in [0.1, 0.15) is 39.2 Å². The van der Waals surface area contributed by atoms with Crippen LogP contribution < -0.4 is 20.7 Å². The number of carbonyl (C=O) groups excluding carboxylic acids is 2. The maximum absolute atomic E-state index is 13.7. The molecule has 0 radical (unpaired) electrons. The highest BCUT2D eigenvalue weighted by Gasteiger charge is 2.30. The molecule has 3 N–H and O–H groups in total. The van der Waals surface area contributed by atoms with Crippen LogP contribution >= 0.6 is 0 Å². The van der Waals surface area contributed by atoms with E-state index in [-0.39, 0.29) is 23.6 Å². The van der Waals surface area contributed by atoms with Gasteiger partial charge in [-0.3, -0.25) is 14.7 Å². The highest BCUT2D eigenvalue weighted by Crippen LogP contribution is 2.46. The van der Waals surface area contributed by atoms with Crippen molar-refractivity contribution in [3.05, 3.63) is 94.6 Å². The molecule has 1 aliphatic carbocycles. The van der Waals surface area contributed by atoms with E-state index in [0.29, 0.717) is 44.0 Å². The molecule has 9 heteroatoms. The lowest BCUT2D eigenvalue weighted by Gasteiger charge is -2.20. The fraction of sp³-hybridized carbons (Fsp3) is 0.242. The fourth-order valence-electron chi connectivity index (χ4n) is 6.30. The predicted octanol–water partition coefficient (Wildman–Crippen LogP) is 5.63. The molecule has 1 aromatic heterocycles. The summed E-state index contributed by atoms with van der Waals surface area (Å²) in [5.41, 5.74) is 14.5. The van der Waals surface area contributed by atoms with Gasteiger partial charge in [0.25, 0.3) is 5.91 Å². The number of halogens is 1. The molecule has 8 nitrogen and oxygen atoms in total. The number of nitrogens with two attached hydrogens (primary N) is 1. The maximum Gasteiger partial charge on any atom is 0.326 e. The van der Waals surface area contributed by atoms with E-state index in [1.54, 1.807) is 17.2 Å². The molecule has 1 saturated heterocycles. The van der Waals surface area contributed by atoms with Crippen LogP contribution in [0.25, 0.3) is 22.3 Å². The molecule has 7 rings (SSSR count). The number of carbonyl (C=O) groups is 2. The van der Waals surface area contributed by atoms with E-state index < -0.39 is 5.91 Å². The molecule has 3 aromatic carbocycles. The summed E-state index contributed by atoms with van der Waals surface area (Å²) in [6, 6.07) is 15.9. The summed E-state index contributed by atoms with van der Waals surface area (Å²) in [6.45, 7) is 3.70. The molecule has 1 atom stereocenters. The number of rotatable bonds is 5. The second-order valence-corrected chi connectivity index (χ2v) is 10.9. The van der Waals surface area contributed by atoms with Crippen molar-refractivity contribution in [3.8, 4) is 28.0 Å². The topological polar surface area (TPSA) is 107 Å². The quantitative estimate of drug-likeness (QED) is 0.288. The van der Waals surface area contributed by atoms with Crippen LogP contribution in [-0.4, -0.2) is 42.8 Å². The Morgan fingerprint density at radius 2 is 1.98 bits per heavy atom. The number of urea groups is 1. The molecule has 0 spiro atoms. The minimum absolute atomic E-state index is 0.0287. The molecule has 3 amide bonds. The summed E-state index contributed by atoms with van der Waals surface area (Å²) in [5.74, 6) is -0.121. The van der Waals surface area contributed by atoms with E-state index in [1.807, 2.05) is 43.3 Å². The Kier molecular flexibility index (Phi) is 6.39. The smallest absolute Gasteiger partial charge is 0.326 e. The van der Waals surface area contributed by atoms with Crippen LogP contribution in [0.4, 0.5) is 20.6 Å². The highest BCUT2D eigenvalue weighted by molar-refractivity contribution is 6.05. The maximum atomic E-state index is 13.7. The van der Waals surface area contributed by atoms with Crippen LogP contribution in [0.5, 0.6) is 5.75 Å². The first kappa shape index (κ1) is 26.2. The summed E-state index contributed by atoms with van der Waals surface area (Å²) < 4.78 is 25.3. The van der Waals surface area contributed by atoms with Gasteiger partial charge >= 0.3 is 6.03 Å². The largest absolute Gasteiger partial charge is 0.488 e. The molecule has 42 heavy (non-hydrogen) atoms. The first-order valence-electron chi connectivity index (χ1n) is 14.0. The number of pyridine rings is 1. The molecule has 3 aliphatic rings. The lowest BCUT2D eigenvalue weighted by atomic mass is 9.92. The number of ether oxygens (including phenoxy) is 2. The Hall–Kier alpha value is -4.76. The molecular formula is C33H29FN4O4. The van der Waals surface area contributed by atoms with Crippen molar-refractivity contribution in [1.29, 1.82) is 0 Å². The van der Waals surface area contributed by atoms with Gasteiger partial charge in [-0.1, -0.05) is 18.2 Å². The number of fused-ring (bicyclic) bond motifs is 4. The van der Waals surface area contributed by atoms with Gasteiger partial charge in [0.1, 0.15) is 23.4 Å². The van der Waals surface area contributed by atoms with Gasteiger partial charge in [-0.15, -0.1) is 0 Å². The molecular weight excluding hydrogens is 535 g/mol. The van der Waals surface area contributed by atoms with Crippen molar-refractivity contribution in [1.82, 2.24) is 4.98 Å². The average molecular weight is 565 g/mol. The van der Waals surface area contributed by atoms with Crippen LogP contribution in [0.2, 0.25) is 0 Å². The summed E-state index contributed by atoms with van der Waals surface area (Å²) in [4.78, 5) is 31.8. The third-order valence-electron chi connectivity index (χ3n) is 8.36. The van der Waals surface area contributed by atoms with Crippen molar-refractivity contribution >= 4 is 23.3 Å². The van der Waals surface area contributed by atoms with Gasteiger partial charge < -0.3 is 20.5 Å². The second kappa shape index (κ2) is 10.3. The van der Waals surface area contributed by atoms with E-state index in [4.69, 9.17) is 15.2 Å². The highest BCUT2D eigenvalue weighted by atomic mass is 19.1. The SMILES string of the molecule is Cc1c(NC(=O)N2CCc3cc(F)ccc32)cccc1-c1cnc(C(N)=O)c2c1-c1ccc(OC3CCOC3)cc1C2. The van der Waals surface area contributed by atoms with Crippen LogP contribution in [-0.2, 0) is 17.6 Å². The third-order valence-corrected chi connectivity index (χ3v) is 8.36. The van der Waals surface area contributed by atoms with Gasteiger partial charge in [0, 0.05) is 42.5 Å². The number of anilines is 2. The number of nitrogens with zero attached hydrogens (tertiary/aromatic N) is 2. The van der Waals surface area contributed by atoms with E-state index in [0.717, 1.165) is 56.7 Å². The third kappa shape index (κ3) is 4.46. The first-order chi connectivity index (χ1) is 20.4. The number of nitrogens with one attached hydrogen (secondary N) is 1. The normalized spacial score (nSPS) is 16.6. The lowest BCUT2D eigenvalue weighted by Crippen LogP contribution is -2.33. The molecule has 2 aliphatic heterocycles. The number of primary amides is 1. The number of benzene rings is 3. The standard InChI is InChI=1S/C33H29FN4O4/c1-18-24(3-2-4-28(18)37-33(40)38-11-9-19-13-21(34)5-8-29(19)38)27-16-36-31(32(35)39)26-15-20-14-22(6-7-25(20)30(26)27)42-23-10-12-41-17-23/h2-8,13-14,16,23H,9-12,15,17H2,1H3,(H2,35,39)(H,37,40). The Morgan fingerprint density at radius 1 is 1.10 bits per heavy atom. The molecule has 4 aromatic rings. The van der Waals surface area contributed by atoms with Crippen LogP contribution in [0, 0.1) is 12.7 Å². The van der Waals surface area contributed by atoms with Crippen LogP contribution in [0.15, 0.2) is 60.8 Å². The van der Waals surface area contributed by atoms with Gasteiger partial charge in [-0.2, -0.15) is 0 Å². The zero-order valence-electron chi connectivity index (χ0n) is 23.1. The number of hydrogen-bond acceptors (Lipinski definition) is 5. The number of amides is 3. The predicted molar refractivity (Wildman–Crippen MR) is 157 cm³/mol. The van der Waals surface area contributed by atoms with Gasteiger partial charge in [0.05, 0.1) is 13.2 Å². The molecule has 1 unspecified atom stereocenters. The van der Waals surface area contributed by atoms with Crippen LogP contribution in [0.3, 0.4) is 0 Å². The lowest BCUT2D eigenvalue weighted by molar-refractivity contribution is 0.0995. The fourth-order valence-corrected chi connectivity index (χ4v) is 6.30. The van der Waals surface area contributed by atoms with Crippen molar-refractivity contribution in [2.75, 3.05) is 30.0 Å². The van der Waals surface area contributed by atoms with Crippen molar-refractivity contribution in [2.45, 2.75) is 32.3 Å². The van der Waals surface area contributed by atoms with Crippen molar-refractivity contribution < 1.29 is 23.5 Å². The first-order valence-corrected chi connectivity index (χ1v) is 14.0. The average Bonchev–Trinajstić information content (AvgIpc) is 3.72. The van der Waals surface area contributed by atoms with E-state index in [2.05, 4.69) is 10.3 Å². The monoisotopic (exact) mass is 564 g/mol. The Balaban J connectivity index is 1.24. The summed E-state index contributed by atoms with van der Waals surface area (Å²) >= 11 is 0. The molecule has 0 bridgehead atoms. The van der Waals surface area contributed by atoms with E-state index >= 15 is 0 Å². The minimum atomic E-state index is -0.575. The summed E-state index contributed by atoms with van der Waals surface area (Å²) in [5, 5.41) is 3.05. The van der Waals surface area contributed by atoms with Crippen molar-refractivity contribution in [2.24, 2.45) is 5.73 Å². The molecule has 1 fully saturated rings. The van der Waals surface area contributed by atoms with Crippen molar-refractivity contribution in [3.63, 3.8) is 0 Å². The summed E-state index contributed by atoms with van der Waals surface area (Å²) in [7, 11) is 0. The van der Waals surface area contributed by atoms with E-state index in [1.165, 1.54) is 12.1 Å². The summed E-state index contributed by atoms with van der Waals surface area (Å²) in [6.07, 6.45) is 3.68. The molecule has 3 heterocycles. The molecule has 212 valence electrons. The van der Waals surface area contributed by atoms with E-state index in [9.17, 15) is 14.0 Å². The zero-order chi connectivity index (χ0) is 29.0. The van der Waals surface area contributed by atoms with Gasteiger partial charge in [-0.05, 0) is 88.7 Å². The zero-order valence-corrected chi connectivity index (χ0v) is 23.1. The number of aromatic nitrogens is 1. The van der Waals surface area contributed by atoms with Gasteiger partial charge in [0.15, 0.2) is 0 Å². The Labute approximate surface area is 242 Å². The molecule has 0 saturated carbocycles. The number of hydrogen-bond donors (Lipinski definition) is 2. The minimum Gasteiger partial charge on any atom is -0.488 e. The Morgan fingerprint density at radius 3 is 2.79 bits per heavy atom. The Bertz CT molecular complexity index is 1770. The van der Waals surface area contributed by atoms with Gasteiger partial charge in [-0.25, -0.2) is 9.18 Å².